The van der Waals surface area contributed by atoms with Gasteiger partial charge in [-0.05, 0) is 11.6 Å². The van der Waals surface area contributed by atoms with Gasteiger partial charge in [0.2, 0.25) is 5.29 Å². The molecular formula is C5H3Cl2F3N2. The Morgan fingerprint density at radius 3 is 2.42 bits per heavy atom. The molecule has 0 fully saturated rings. The average Bonchev–Trinajstić information content (AvgIpc) is 1.93. The second-order valence-electron chi connectivity index (χ2n) is 2.20. The van der Waals surface area contributed by atoms with E-state index >= 15 is 0 Å². The van der Waals surface area contributed by atoms with Gasteiger partial charge in [0, 0.05) is 6.21 Å². The van der Waals surface area contributed by atoms with E-state index in [9.17, 15) is 13.2 Å². The molecule has 1 aliphatic rings. The zero-order valence-corrected chi connectivity index (χ0v) is 7.08. The molecule has 0 saturated heterocycles. The second kappa shape index (κ2) is 2.88. The Morgan fingerprint density at radius 1 is 1.50 bits per heavy atom. The maximum atomic E-state index is 12.1. The first-order valence-corrected chi connectivity index (χ1v) is 3.61. The Bertz CT molecular complexity index is 248. The van der Waals surface area contributed by atoms with E-state index in [0.717, 1.165) is 0 Å². The van der Waals surface area contributed by atoms with Crippen LogP contribution in [0.4, 0.5) is 13.2 Å². The van der Waals surface area contributed by atoms with E-state index in [1.807, 2.05) is 0 Å². The lowest BCUT2D eigenvalue weighted by atomic mass is 10.1. The molecule has 1 aliphatic heterocycles. The second-order valence-corrected chi connectivity index (χ2v) is 3.22. The van der Waals surface area contributed by atoms with Gasteiger partial charge in [-0.25, -0.2) is 4.99 Å². The normalized spacial score (nSPS) is 30.2. The summed E-state index contributed by atoms with van der Waals surface area (Å²) in [6, 6.07) is 0. The molecule has 68 valence electrons. The van der Waals surface area contributed by atoms with Crippen molar-refractivity contribution in [2.75, 3.05) is 6.54 Å². The van der Waals surface area contributed by atoms with Crippen LogP contribution in [0.25, 0.3) is 0 Å². The molecule has 0 radical (unpaired) electrons. The molecule has 2 nitrogen and oxygen atoms in total. The van der Waals surface area contributed by atoms with Crippen LogP contribution in [-0.4, -0.2) is 29.1 Å². The minimum absolute atomic E-state index is 0.212. The van der Waals surface area contributed by atoms with Crippen molar-refractivity contribution < 1.29 is 13.2 Å². The van der Waals surface area contributed by atoms with E-state index in [2.05, 4.69) is 9.98 Å². The molecule has 0 bridgehead atoms. The van der Waals surface area contributed by atoms with Crippen molar-refractivity contribution in [1.29, 1.82) is 0 Å². The molecule has 0 spiro atoms. The van der Waals surface area contributed by atoms with Gasteiger partial charge in [-0.15, -0.1) is 11.6 Å². The number of halogens is 5. The van der Waals surface area contributed by atoms with Crippen molar-refractivity contribution >= 4 is 34.7 Å². The summed E-state index contributed by atoms with van der Waals surface area (Å²) in [5.41, 5.74) is 0. The van der Waals surface area contributed by atoms with Crippen LogP contribution >= 0.6 is 23.2 Å². The maximum absolute atomic E-state index is 12.1. The van der Waals surface area contributed by atoms with Crippen LogP contribution in [0.2, 0.25) is 0 Å². The monoisotopic (exact) mass is 218 g/mol. The van der Waals surface area contributed by atoms with Crippen LogP contribution in [-0.2, 0) is 0 Å². The molecule has 0 aromatic rings. The molecule has 0 aromatic heterocycles. The summed E-state index contributed by atoms with van der Waals surface area (Å²) in [5, 5.41) is -0.212. The van der Waals surface area contributed by atoms with Gasteiger partial charge in [0.25, 0.3) is 0 Å². The lowest BCUT2D eigenvalue weighted by Gasteiger charge is -2.25. The summed E-state index contributed by atoms with van der Waals surface area (Å²) in [4.78, 5) is 3.98. The lowest BCUT2D eigenvalue weighted by molar-refractivity contribution is -0.141. The van der Waals surface area contributed by atoms with E-state index in [1.54, 1.807) is 0 Å². The van der Waals surface area contributed by atoms with Crippen molar-refractivity contribution in [2.45, 2.75) is 11.1 Å². The molecule has 7 heteroatoms. The van der Waals surface area contributed by atoms with Crippen LogP contribution in [0.3, 0.4) is 0 Å². The minimum atomic E-state index is -4.56. The molecule has 0 saturated carbocycles. The molecule has 12 heavy (non-hydrogen) atoms. The molecule has 0 amide bonds. The summed E-state index contributed by atoms with van der Waals surface area (Å²) in [6.07, 6.45) is -4.00. The number of hydrogen-bond donors (Lipinski definition) is 0. The minimum Gasteiger partial charge on any atom is -0.254 e. The van der Waals surface area contributed by atoms with Gasteiger partial charge in [0.1, 0.15) is 0 Å². The first-order chi connectivity index (χ1) is 5.35. The molecule has 1 heterocycles. The Morgan fingerprint density at radius 2 is 2.08 bits per heavy atom. The van der Waals surface area contributed by atoms with E-state index in [1.165, 1.54) is 0 Å². The van der Waals surface area contributed by atoms with E-state index in [-0.39, 0.29) is 5.29 Å². The predicted molar refractivity (Wildman–Crippen MR) is 41.3 cm³/mol. The molecule has 1 atom stereocenters. The third-order valence-electron chi connectivity index (χ3n) is 1.29. The number of nitrogens with zero attached hydrogens (tertiary/aromatic N) is 2. The summed E-state index contributed by atoms with van der Waals surface area (Å²) in [6.45, 7) is -0.625. The third kappa shape index (κ3) is 1.72. The highest BCUT2D eigenvalue weighted by molar-refractivity contribution is 6.66. The zero-order chi connectivity index (χ0) is 9.41. The fraction of sp³-hybridized carbons (Fsp3) is 0.600. The molecule has 0 N–H and O–H groups in total. The van der Waals surface area contributed by atoms with Gasteiger partial charge >= 0.3 is 6.18 Å². The highest BCUT2D eigenvalue weighted by atomic mass is 35.5. The quantitative estimate of drug-likeness (QED) is 0.440. The van der Waals surface area contributed by atoms with Crippen LogP contribution in [0, 0.1) is 0 Å². The Hall–Kier alpha value is -0.290. The van der Waals surface area contributed by atoms with Gasteiger partial charge in [-0.1, -0.05) is 0 Å². The molecule has 1 rings (SSSR count). The SMILES string of the molecule is FC(F)(F)C1(Cl)C=NC(Cl)=NC1. The Balaban J connectivity index is 2.86. The zero-order valence-electron chi connectivity index (χ0n) is 5.57. The largest absolute Gasteiger partial charge is 0.414 e. The van der Waals surface area contributed by atoms with Crippen molar-refractivity contribution in [3.63, 3.8) is 0 Å². The third-order valence-corrected chi connectivity index (χ3v) is 1.94. The summed E-state index contributed by atoms with van der Waals surface area (Å²) in [7, 11) is 0. The highest BCUT2D eigenvalue weighted by Gasteiger charge is 2.53. The number of alkyl halides is 4. The van der Waals surface area contributed by atoms with E-state index in [0.29, 0.717) is 6.21 Å². The topological polar surface area (TPSA) is 24.7 Å². The molecule has 1 unspecified atom stereocenters. The van der Waals surface area contributed by atoms with Gasteiger partial charge in [0.05, 0.1) is 6.54 Å². The number of amidine groups is 1. The molecule has 0 aromatic carbocycles. The van der Waals surface area contributed by atoms with Crippen LogP contribution in [0.15, 0.2) is 9.98 Å². The maximum Gasteiger partial charge on any atom is 0.414 e. The van der Waals surface area contributed by atoms with Crippen LogP contribution in [0.5, 0.6) is 0 Å². The van der Waals surface area contributed by atoms with Gasteiger partial charge < -0.3 is 0 Å². The fourth-order valence-electron chi connectivity index (χ4n) is 0.580. The first-order valence-electron chi connectivity index (χ1n) is 2.86. The van der Waals surface area contributed by atoms with E-state index < -0.39 is 17.6 Å². The van der Waals surface area contributed by atoms with Crippen molar-refractivity contribution in [1.82, 2.24) is 0 Å². The van der Waals surface area contributed by atoms with Crippen LogP contribution < -0.4 is 0 Å². The smallest absolute Gasteiger partial charge is 0.254 e. The van der Waals surface area contributed by atoms with Crippen LogP contribution in [0.1, 0.15) is 0 Å². The molecular weight excluding hydrogens is 216 g/mol. The highest BCUT2D eigenvalue weighted by Crippen LogP contribution is 2.36. The van der Waals surface area contributed by atoms with Crippen molar-refractivity contribution in [2.24, 2.45) is 9.98 Å². The fourth-order valence-corrected chi connectivity index (χ4v) is 0.797. The predicted octanol–water partition coefficient (Wildman–Crippen LogP) is 2.21. The first kappa shape index (κ1) is 9.80. The lowest BCUT2D eigenvalue weighted by Crippen LogP contribution is -2.45. The average molecular weight is 219 g/mol. The summed E-state index contributed by atoms with van der Waals surface area (Å²) < 4.78 is 36.4. The van der Waals surface area contributed by atoms with Crippen molar-refractivity contribution in [3.05, 3.63) is 0 Å². The van der Waals surface area contributed by atoms with Gasteiger partial charge in [0.15, 0.2) is 4.87 Å². The van der Waals surface area contributed by atoms with E-state index in [4.69, 9.17) is 23.2 Å². The summed E-state index contributed by atoms with van der Waals surface area (Å²) in [5.74, 6) is 0. The Kier molecular flexibility index (Phi) is 2.35. The van der Waals surface area contributed by atoms with Gasteiger partial charge in [-0.2, -0.15) is 13.2 Å². The molecule has 0 aliphatic carbocycles. The summed E-state index contributed by atoms with van der Waals surface area (Å²) >= 11 is 10.4. The number of rotatable bonds is 0. The standard InChI is InChI=1S/C5H3Cl2F3N2/c6-3-11-1-4(7,2-12-3)5(8,9)10/h1H,2H2. The van der Waals surface area contributed by atoms with Gasteiger partial charge in [-0.3, -0.25) is 4.99 Å². The number of hydrogen-bond acceptors (Lipinski definition) is 2. The van der Waals surface area contributed by atoms with Crippen molar-refractivity contribution in [3.8, 4) is 0 Å². The Labute approximate surface area is 76.1 Å². The number of aliphatic imine (C=N–C) groups is 2.